The largest absolute Gasteiger partial charge is 0.467 e. The van der Waals surface area contributed by atoms with Gasteiger partial charge in [-0.1, -0.05) is 19.8 Å². The van der Waals surface area contributed by atoms with Crippen LogP contribution in [0, 0.1) is 5.92 Å². The highest BCUT2D eigenvalue weighted by Crippen LogP contribution is 2.35. The molecule has 1 aromatic rings. The zero-order valence-corrected chi connectivity index (χ0v) is 12.9. The molecule has 20 heavy (non-hydrogen) atoms. The second kappa shape index (κ2) is 6.43. The lowest BCUT2D eigenvalue weighted by Crippen LogP contribution is -2.44. The lowest BCUT2D eigenvalue weighted by molar-refractivity contribution is 0.277. The van der Waals surface area contributed by atoms with Gasteiger partial charge in [0.25, 0.3) is 0 Å². The molecule has 7 heteroatoms. The van der Waals surface area contributed by atoms with Gasteiger partial charge in [-0.25, -0.2) is 0 Å². The molecule has 1 aliphatic carbocycles. The molecule has 0 aliphatic heterocycles. The normalized spacial score (nSPS) is 26.1. The number of anilines is 1. The predicted molar refractivity (Wildman–Crippen MR) is 77.6 cm³/mol. The van der Waals surface area contributed by atoms with Gasteiger partial charge in [0.05, 0.1) is 19.8 Å². The van der Waals surface area contributed by atoms with Crippen molar-refractivity contribution in [3.05, 3.63) is 0 Å². The predicted octanol–water partition coefficient (Wildman–Crippen LogP) is 2.49. The molecule has 0 saturated heterocycles. The molecule has 1 aliphatic rings. The van der Waals surface area contributed by atoms with Crippen molar-refractivity contribution in [3.63, 3.8) is 0 Å². The Balaban J connectivity index is 2.22. The summed E-state index contributed by atoms with van der Waals surface area (Å²) in [5.41, 5.74) is -0.170. The number of aromatic nitrogens is 3. The second-order valence-electron chi connectivity index (χ2n) is 5.37. The van der Waals surface area contributed by atoms with E-state index in [4.69, 9.17) is 21.1 Å². The van der Waals surface area contributed by atoms with Gasteiger partial charge in [-0.05, 0) is 18.8 Å². The van der Waals surface area contributed by atoms with Gasteiger partial charge in [0.2, 0.25) is 5.95 Å². The fourth-order valence-electron chi connectivity index (χ4n) is 2.74. The molecule has 2 unspecified atom stereocenters. The van der Waals surface area contributed by atoms with Crippen LogP contribution in [0.3, 0.4) is 0 Å². The maximum Gasteiger partial charge on any atom is 0.324 e. The van der Waals surface area contributed by atoms with E-state index >= 15 is 0 Å². The van der Waals surface area contributed by atoms with Crippen molar-refractivity contribution in [1.82, 2.24) is 15.0 Å². The van der Waals surface area contributed by atoms with Gasteiger partial charge in [-0.3, -0.25) is 0 Å². The minimum atomic E-state index is -0.170. The van der Waals surface area contributed by atoms with Crippen LogP contribution in [0.2, 0.25) is 0 Å². The van der Waals surface area contributed by atoms with E-state index in [0.29, 0.717) is 17.7 Å². The smallest absolute Gasteiger partial charge is 0.324 e. The SMILES string of the molecule is COc1nc(NC2(CCl)CCCC(C)C2)nc(OC)n1. The number of methoxy groups -OCH3 is 2. The minimum Gasteiger partial charge on any atom is -0.467 e. The lowest BCUT2D eigenvalue weighted by Gasteiger charge is -2.39. The van der Waals surface area contributed by atoms with Crippen LogP contribution in [0.4, 0.5) is 5.95 Å². The number of nitrogens with zero attached hydrogens (tertiary/aromatic N) is 3. The van der Waals surface area contributed by atoms with Gasteiger partial charge < -0.3 is 14.8 Å². The standard InChI is InChI=1S/C13H21ClN4O2/c1-9-5-4-6-13(7-9,8-14)18-10-15-11(19-2)17-12(16-10)20-3/h9H,4-8H2,1-3H3,(H,15,16,17,18). The van der Waals surface area contributed by atoms with Crippen LogP contribution >= 0.6 is 11.6 Å². The molecule has 1 saturated carbocycles. The van der Waals surface area contributed by atoms with Crippen LogP contribution in [0.15, 0.2) is 0 Å². The van der Waals surface area contributed by atoms with Crippen molar-refractivity contribution in [1.29, 1.82) is 0 Å². The number of halogens is 1. The Morgan fingerprint density at radius 1 is 1.25 bits per heavy atom. The lowest BCUT2D eigenvalue weighted by atomic mass is 9.77. The first-order valence-corrected chi connectivity index (χ1v) is 7.32. The molecule has 1 aromatic heterocycles. The summed E-state index contributed by atoms with van der Waals surface area (Å²) in [5, 5.41) is 3.37. The summed E-state index contributed by atoms with van der Waals surface area (Å²) in [7, 11) is 3.02. The Kier molecular flexibility index (Phi) is 4.86. The zero-order chi connectivity index (χ0) is 14.6. The van der Waals surface area contributed by atoms with Crippen molar-refractivity contribution in [3.8, 4) is 12.0 Å². The summed E-state index contributed by atoms with van der Waals surface area (Å²) in [6.45, 7) is 2.25. The van der Waals surface area contributed by atoms with Gasteiger partial charge in [-0.15, -0.1) is 16.6 Å². The van der Waals surface area contributed by atoms with E-state index in [2.05, 4.69) is 27.2 Å². The molecule has 1 heterocycles. The fourth-order valence-corrected chi connectivity index (χ4v) is 3.05. The van der Waals surface area contributed by atoms with E-state index in [-0.39, 0.29) is 17.6 Å². The van der Waals surface area contributed by atoms with Gasteiger partial charge in [-0.2, -0.15) is 9.97 Å². The summed E-state index contributed by atoms with van der Waals surface area (Å²) in [6.07, 6.45) is 4.41. The van der Waals surface area contributed by atoms with E-state index in [9.17, 15) is 0 Å². The number of rotatable bonds is 5. The van der Waals surface area contributed by atoms with Crippen molar-refractivity contribution in [2.45, 2.75) is 38.1 Å². The molecule has 1 fully saturated rings. The van der Waals surface area contributed by atoms with Crippen molar-refractivity contribution in [2.75, 3.05) is 25.4 Å². The summed E-state index contributed by atoms with van der Waals surface area (Å²) < 4.78 is 10.1. The van der Waals surface area contributed by atoms with Crippen LogP contribution in [0.25, 0.3) is 0 Å². The summed E-state index contributed by atoms with van der Waals surface area (Å²) in [4.78, 5) is 12.4. The number of hydrogen-bond acceptors (Lipinski definition) is 6. The van der Waals surface area contributed by atoms with Crippen LogP contribution in [0.5, 0.6) is 12.0 Å². The van der Waals surface area contributed by atoms with E-state index < -0.39 is 0 Å². The molecule has 0 aromatic carbocycles. The highest BCUT2D eigenvalue weighted by atomic mass is 35.5. The van der Waals surface area contributed by atoms with Crippen molar-refractivity contribution >= 4 is 17.5 Å². The molecule has 0 spiro atoms. The third-order valence-electron chi connectivity index (χ3n) is 3.68. The first-order chi connectivity index (χ1) is 9.60. The molecular formula is C13H21ClN4O2. The average Bonchev–Trinajstić information content (AvgIpc) is 2.46. The molecule has 0 bridgehead atoms. The van der Waals surface area contributed by atoms with Gasteiger partial charge in [0.1, 0.15) is 0 Å². The highest BCUT2D eigenvalue weighted by molar-refractivity contribution is 6.18. The summed E-state index contributed by atoms with van der Waals surface area (Å²) >= 11 is 6.20. The average molecular weight is 301 g/mol. The molecule has 6 nitrogen and oxygen atoms in total. The Morgan fingerprint density at radius 2 is 1.90 bits per heavy atom. The first-order valence-electron chi connectivity index (χ1n) is 6.79. The van der Waals surface area contributed by atoms with Gasteiger partial charge in [0, 0.05) is 5.88 Å². The number of alkyl halides is 1. The van der Waals surface area contributed by atoms with E-state index in [0.717, 1.165) is 19.3 Å². The van der Waals surface area contributed by atoms with Crippen LogP contribution in [0.1, 0.15) is 32.6 Å². The van der Waals surface area contributed by atoms with Crippen molar-refractivity contribution in [2.24, 2.45) is 5.92 Å². The quantitative estimate of drug-likeness (QED) is 0.843. The Morgan fingerprint density at radius 3 is 2.40 bits per heavy atom. The Labute approximate surface area is 124 Å². The highest BCUT2D eigenvalue weighted by Gasteiger charge is 2.35. The Bertz CT molecular complexity index is 438. The molecule has 2 atom stereocenters. The van der Waals surface area contributed by atoms with Gasteiger partial charge in [0.15, 0.2) is 0 Å². The molecule has 2 rings (SSSR count). The molecule has 1 N–H and O–H groups in total. The fraction of sp³-hybridized carbons (Fsp3) is 0.769. The maximum atomic E-state index is 6.20. The summed E-state index contributed by atoms with van der Waals surface area (Å²) in [5.74, 6) is 1.61. The third kappa shape index (κ3) is 3.42. The molecule has 0 radical (unpaired) electrons. The number of ether oxygens (including phenoxy) is 2. The molecule has 112 valence electrons. The first kappa shape index (κ1) is 15.1. The topological polar surface area (TPSA) is 69.2 Å². The van der Waals surface area contributed by atoms with E-state index in [1.807, 2.05) is 0 Å². The maximum absolute atomic E-state index is 6.20. The van der Waals surface area contributed by atoms with Crippen LogP contribution < -0.4 is 14.8 Å². The third-order valence-corrected chi connectivity index (χ3v) is 4.20. The molecular weight excluding hydrogens is 280 g/mol. The van der Waals surface area contributed by atoms with Crippen LogP contribution in [-0.4, -0.2) is 40.6 Å². The molecule has 0 amide bonds. The van der Waals surface area contributed by atoms with Crippen LogP contribution in [-0.2, 0) is 0 Å². The monoisotopic (exact) mass is 300 g/mol. The Hall–Kier alpha value is -1.30. The van der Waals surface area contributed by atoms with E-state index in [1.165, 1.54) is 20.6 Å². The zero-order valence-electron chi connectivity index (χ0n) is 12.1. The van der Waals surface area contributed by atoms with E-state index in [1.54, 1.807) is 0 Å². The minimum absolute atomic E-state index is 0.170. The number of hydrogen-bond donors (Lipinski definition) is 1. The van der Waals surface area contributed by atoms with Crippen molar-refractivity contribution < 1.29 is 9.47 Å². The van der Waals surface area contributed by atoms with Gasteiger partial charge >= 0.3 is 12.0 Å². The summed E-state index contributed by atoms with van der Waals surface area (Å²) in [6, 6.07) is 0.459. The number of nitrogens with one attached hydrogen (secondary N) is 1. The second-order valence-corrected chi connectivity index (χ2v) is 5.64.